The van der Waals surface area contributed by atoms with E-state index in [0.29, 0.717) is 5.69 Å². The van der Waals surface area contributed by atoms with Crippen LogP contribution in [0.4, 0.5) is 13.2 Å². The van der Waals surface area contributed by atoms with E-state index in [1.54, 1.807) is 25.3 Å². The normalized spacial score (nSPS) is 11.8. The molecule has 0 N–H and O–H groups in total. The van der Waals surface area contributed by atoms with Crippen LogP contribution in [-0.2, 0) is 6.18 Å². The molecule has 0 amide bonds. The Morgan fingerprint density at radius 1 is 1.12 bits per heavy atom. The van der Waals surface area contributed by atoms with Crippen LogP contribution in [0.25, 0.3) is 5.69 Å². The number of nitrogens with zero attached hydrogens (tertiary/aromatic N) is 2. The summed E-state index contributed by atoms with van der Waals surface area (Å²) in [6.45, 7) is 3.23. The van der Waals surface area contributed by atoms with Crippen molar-refractivity contribution in [1.29, 1.82) is 0 Å². The highest BCUT2D eigenvalue weighted by Gasteiger charge is 2.32. The second kappa shape index (κ2) is 3.91. The summed E-state index contributed by atoms with van der Waals surface area (Å²) in [5.41, 5.74) is 0.767. The Balaban J connectivity index is 2.51. The molecule has 0 aliphatic carbocycles. The van der Waals surface area contributed by atoms with E-state index in [0.717, 1.165) is 11.8 Å². The summed E-state index contributed by atoms with van der Waals surface area (Å²) in [5, 5.41) is 4.08. The van der Waals surface area contributed by atoms with Crippen LogP contribution in [0.5, 0.6) is 0 Å². The van der Waals surface area contributed by atoms with E-state index in [9.17, 15) is 13.2 Å². The molecular formula is C12H11F3N2. The maximum atomic E-state index is 12.7. The van der Waals surface area contributed by atoms with Crippen LogP contribution >= 0.6 is 0 Å². The topological polar surface area (TPSA) is 17.8 Å². The van der Waals surface area contributed by atoms with Crippen molar-refractivity contribution in [2.75, 3.05) is 0 Å². The van der Waals surface area contributed by atoms with Gasteiger partial charge in [-0.15, -0.1) is 0 Å². The molecule has 90 valence electrons. The third kappa shape index (κ3) is 2.33. The number of alkyl halides is 3. The van der Waals surface area contributed by atoms with Gasteiger partial charge in [-0.25, -0.2) is 4.68 Å². The summed E-state index contributed by atoms with van der Waals surface area (Å²) in [5.74, 6) is 0. The average Bonchev–Trinajstić information content (AvgIpc) is 2.64. The van der Waals surface area contributed by atoms with E-state index in [4.69, 9.17) is 0 Å². The highest BCUT2D eigenvalue weighted by atomic mass is 19.4. The zero-order chi connectivity index (χ0) is 12.6. The van der Waals surface area contributed by atoms with Crippen molar-refractivity contribution in [2.24, 2.45) is 0 Å². The van der Waals surface area contributed by atoms with Crippen molar-refractivity contribution in [1.82, 2.24) is 9.78 Å². The van der Waals surface area contributed by atoms with Crippen molar-refractivity contribution in [3.63, 3.8) is 0 Å². The first-order valence-electron chi connectivity index (χ1n) is 5.08. The number of hydrogen-bond donors (Lipinski definition) is 0. The van der Waals surface area contributed by atoms with E-state index < -0.39 is 11.7 Å². The SMILES string of the molecule is Cc1ccn(-c2ccc(C)c(C(F)(F)F)c2)n1. The lowest BCUT2D eigenvalue weighted by Crippen LogP contribution is -2.09. The summed E-state index contributed by atoms with van der Waals surface area (Å²) in [6.07, 6.45) is -2.69. The van der Waals surface area contributed by atoms with Crippen LogP contribution in [0.3, 0.4) is 0 Å². The van der Waals surface area contributed by atoms with Gasteiger partial charge in [0.25, 0.3) is 0 Å². The molecule has 0 fully saturated rings. The maximum Gasteiger partial charge on any atom is 0.416 e. The van der Waals surface area contributed by atoms with Crippen molar-refractivity contribution >= 4 is 0 Å². The average molecular weight is 240 g/mol. The van der Waals surface area contributed by atoms with Crippen molar-refractivity contribution in [3.8, 4) is 5.69 Å². The lowest BCUT2D eigenvalue weighted by Gasteiger charge is -2.12. The molecule has 1 aromatic carbocycles. The molecule has 0 bridgehead atoms. The van der Waals surface area contributed by atoms with Gasteiger partial charge in [0.15, 0.2) is 0 Å². The van der Waals surface area contributed by atoms with E-state index in [-0.39, 0.29) is 5.56 Å². The molecule has 0 aliphatic heterocycles. The molecule has 0 saturated carbocycles. The van der Waals surface area contributed by atoms with Gasteiger partial charge in [0.05, 0.1) is 16.9 Å². The van der Waals surface area contributed by atoms with Crippen LogP contribution in [0, 0.1) is 13.8 Å². The van der Waals surface area contributed by atoms with Gasteiger partial charge in [-0.3, -0.25) is 0 Å². The maximum absolute atomic E-state index is 12.7. The van der Waals surface area contributed by atoms with Gasteiger partial charge < -0.3 is 0 Å². The molecule has 1 heterocycles. The molecule has 2 rings (SSSR count). The van der Waals surface area contributed by atoms with Crippen LogP contribution in [0.2, 0.25) is 0 Å². The molecule has 2 aromatic rings. The highest BCUT2D eigenvalue weighted by Crippen LogP contribution is 2.32. The molecule has 1 aromatic heterocycles. The minimum Gasteiger partial charge on any atom is -0.241 e. The van der Waals surface area contributed by atoms with Gasteiger partial charge >= 0.3 is 6.18 Å². The molecule has 17 heavy (non-hydrogen) atoms. The minimum absolute atomic E-state index is 0.213. The fourth-order valence-corrected chi connectivity index (χ4v) is 1.62. The van der Waals surface area contributed by atoms with Crippen molar-refractivity contribution in [2.45, 2.75) is 20.0 Å². The molecule has 0 saturated heterocycles. The Morgan fingerprint density at radius 2 is 1.82 bits per heavy atom. The van der Waals surface area contributed by atoms with E-state index in [1.807, 2.05) is 0 Å². The number of benzene rings is 1. The van der Waals surface area contributed by atoms with E-state index in [2.05, 4.69) is 5.10 Å². The van der Waals surface area contributed by atoms with Gasteiger partial charge in [-0.05, 0) is 37.6 Å². The van der Waals surface area contributed by atoms with Crippen LogP contribution in [0.1, 0.15) is 16.8 Å². The summed E-state index contributed by atoms with van der Waals surface area (Å²) < 4.78 is 39.6. The van der Waals surface area contributed by atoms with Crippen LogP contribution < -0.4 is 0 Å². The number of aromatic nitrogens is 2. The Hall–Kier alpha value is -1.78. The summed E-state index contributed by atoms with van der Waals surface area (Å²) in [6, 6.07) is 5.93. The Bertz CT molecular complexity index is 541. The van der Waals surface area contributed by atoms with Gasteiger partial charge in [0.2, 0.25) is 0 Å². The Kier molecular flexibility index (Phi) is 2.69. The Labute approximate surface area is 96.7 Å². The lowest BCUT2D eigenvalue weighted by atomic mass is 10.1. The second-order valence-corrected chi connectivity index (χ2v) is 3.90. The number of hydrogen-bond acceptors (Lipinski definition) is 1. The lowest BCUT2D eigenvalue weighted by molar-refractivity contribution is -0.138. The largest absolute Gasteiger partial charge is 0.416 e. The van der Waals surface area contributed by atoms with Crippen LogP contribution in [-0.4, -0.2) is 9.78 Å². The highest BCUT2D eigenvalue weighted by molar-refractivity contribution is 5.41. The van der Waals surface area contributed by atoms with Gasteiger partial charge in [0, 0.05) is 6.20 Å². The molecule has 0 aliphatic rings. The fraction of sp³-hybridized carbons (Fsp3) is 0.250. The minimum atomic E-state index is -4.33. The predicted molar refractivity (Wildman–Crippen MR) is 58.0 cm³/mol. The first-order valence-corrected chi connectivity index (χ1v) is 5.08. The molecule has 0 spiro atoms. The third-order valence-corrected chi connectivity index (χ3v) is 2.51. The summed E-state index contributed by atoms with van der Waals surface area (Å²) >= 11 is 0. The zero-order valence-electron chi connectivity index (χ0n) is 9.42. The van der Waals surface area contributed by atoms with Crippen molar-refractivity contribution < 1.29 is 13.2 Å². The molecule has 0 atom stereocenters. The standard InChI is InChI=1S/C12H11F3N2/c1-8-3-4-10(7-11(8)12(13,14)15)17-6-5-9(2)16-17/h3-7H,1-2H3. The number of halogens is 3. The second-order valence-electron chi connectivity index (χ2n) is 3.90. The predicted octanol–water partition coefficient (Wildman–Crippen LogP) is 3.51. The Morgan fingerprint density at radius 3 is 2.35 bits per heavy atom. The number of aryl methyl sites for hydroxylation is 2. The first-order chi connectivity index (χ1) is 7.88. The molecule has 5 heteroatoms. The first kappa shape index (κ1) is 11.7. The van der Waals surface area contributed by atoms with Gasteiger partial charge in [0.1, 0.15) is 0 Å². The molecular weight excluding hydrogens is 229 g/mol. The summed E-state index contributed by atoms with van der Waals surface area (Å²) in [7, 11) is 0. The van der Waals surface area contributed by atoms with E-state index in [1.165, 1.54) is 17.7 Å². The smallest absolute Gasteiger partial charge is 0.241 e. The number of rotatable bonds is 1. The zero-order valence-corrected chi connectivity index (χ0v) is 9.42. The quantitative estimate of drug-likeness (QED) is 0.745. The third-order valence-electron chi connectivity index (χ3n) is 2.51. The molecule has 2 nitrogen and oxygen atoms in total. The van der Waals surface area contributed by atoms with E-state index >= 15 is 0 Å². The molecule has 0 radical (unpaired) electrons. The van der Waals surface area contributed by atoms with Gasteiger partial charge in [-0.1, -0.05) is 6.07 Å². The van der Waals surface area contributed by atoms with Crippen molar-refractivity contribution in [3.05, 3.63) is 47.3 Å². The summed E-state index contributed by atoms with van der Waals surface area (Å²) in [4.78, 5) is 0. The van der Waals surface area contributed by atoms with Crippen LogP contribution in [0.15, 0.2) is 30.5 Å². The van der Waals surface area contributed by atoms with Gasteiger partial charge in [-0.2, -0.15) is 18.3 Å². The monoisotopic (exact) mass is 240 g/mol. The fourth-order valence-electron chi connectivity index (χ4n) is 1.62. The molecule has 0 unspecified atom stereocenters.